The molecule has 0 unspecified atom stereocenters. The summed E-state index contributed by atoms with van der Waals surface area (Å²) in [5, 5.41) is 29.3. The molecule has 0 aromatic heterocycles. The molecule has 1 fully saturated rings. The van der Waals surface area contributed by atoms with Crippen LogP contribution < -0.4 is 0 Å². The summed E-state index contributed by atoms with van der Waals surface area (Å²) in [6, 6.07) is 0. The van der Waals surface area contributed by atoms with E-state index >= 15 is 0 Å². The smallest absolute Gasteiger partial charge is 0.303 e. The van der Waals surface area contributed by atoms with E-state index in [1.54, 1.807) is 0 Å². The van der Waals surface area contributed by atoms with E-state index in [9.17, 15) is 15.0 Å². The monoisotopic (exact) mass is 366 g/mol. The first kappa shape index (κ1) is 22.8. The van der Waals surface area contributed by atoms with Gasteiger partial charge in [-0.2, -0.15) is 0 Å². The summed E-state index contributed by atoms with van der Waals surface area (Å²) in [6.07, 6.45) is 18.0. The molecule has 0 radical (unpaired) electrons. The molecule has 1 saturated carbocycles. The molecule has 150 valence electrons. The van der Waals surface area contributed by atoms with E-state index in [4.69, 9.17) is 5.11 Å². The number of aliphatic carboxylic acids is 1. The van der Waals surface area contributed by atoms with Crippen LogP contribution in [-0.4, -0.2) is 27.4 Å². The van der Waals surface area contributed by atoms with Gasteiger partial charge in [0, 0.05) is 12.3 Å². The standard InChI is InChI=1S/C22H38O4/c1-2-3-4-5-6-7-11-14-20(23)19-16-17-21(24)18(19)13-10-8-9-12-15-22(25)26/h8-9,14,18-19,21,23-24H,2-7,10-13,15-17H2,1H3,(H,25,26)/t18-,19-,21-/m0/s1. The second kappa shape index (κ2) is 13.9. The Morgan fingerprint density at radius 1 is 0.962 bits per heavy atom. The van der Waals surface area contributed by atoms with E-state index < -0.39 is 5.97 Å². The molecule has 0 aliphatic heterocycles. The second-order valence-electron chi connectivity index (χ2n) is 7.58. The molecule has 26 heavy (non-hydrogen) atoms. The van der Waals surface area contributed by atoms with Crippen LogP contribution in [0.25, 0.3) is 0 Å². The van der Waals surface area contributed by atoms with Gasteiger partial charge in [-0.25, -0.2) is 0 Å². The molecular weight excluding hydrogens is 328 g/mol. The fourth-order valence-corrected chi connectivity index (χ4v) is 3.86. The fourth-order valence-electron chi connectivity index (χ4n) is 3.86. The Labute approximate surface area is 159 Å². The minimum atomic E-state index is -0.777. The maximum absolute atomic E-state index is 10.5. The predicted molar refractivity (Wildman–Crippen MR) is 106 cm³/mol. The number of hydrogen-bond donors (Lipinski definition) is 3. The Morgan fingerprint density at radius 2 is 1.65 bits per heavy atom. The molecule has 0 amide bonds. The van der Waals surface area contributed by atoms with Crippen LogP contribution in [0.1, 0.15) is 90.4 Å². The number of allylic oxidation sites excluding steroid dienone is 4. The van der Waals surface area contributed by atoms with Crippen LogP contribution in [0.15, 0.2) is 24.0 Å². The third-order valence-corrected chi connectivity index (χ3v) is 5.43. The van der Waals surface area contributed by atoms with Crippen LogP contribution >= 0.6 is 0 Å². The van der Waals surface area contributed by atoms with E-state index in [1.807, 2.05) is 18.2 Å². The first-order valence-corrected chi connectivity index (χ1v) is 10.5. The Morgan fingerprint density at radius 3 is 2.38 bits per heavy atom. The number of carboxylic acid groups (broad SMARTS) is 1. The van der Waals surface area contributed by atoms with Crippen molar-refractivity contribution in [2.24, 2.45) is 11.8 Å². The molecule has 0 aromatic carbocycles. The highest BCUT2D eigenvalue weighted by Gasteiger charge is 2.36. The van der Waals surface area contributed by atoms with E-state index in [2.05, 4.69) is 6.92 Å². The zero-order valence-electron chi connectivity index (χ0n) is 16.4. The Bertz CT molecular complexity index is 441. The average molecular weight is 367 g/mol. The van der Waals surface area contributed by atoms with Crippen molar-refractivity contribution >= 4 is 5.97 Å². The van der Waals surface area contributed by atoms with Crippen molar-refractivity contribution in [3.8, 4) is 0 Å². The van der Waals surface area contributed by atoms with Gasteiger partial charge < -0.3 is 15.3 Å². The summed E-state index contributed by atoms with van der Waals surface area (Å²) in [7, 11) is 0. The maximum atomic E-state index is 10.5. The number of aliphatic hydroxyl groups excluding tert-OH is 2. The van der Waals surface area contributed by atoms with Crippen LogP contribution in [-0.2, 0) is 4.79 Å². The van der Waals surface area contributed by atoms with Gasteiger partial charge in [0.1, 0.15) is 0 Å². The van der Waals surface area contributed by atoms with Gasteiger partial charge in [-0.15, -0.1) is 0 Å². The topological polar surface area (TPSA) is 77.8 Å². The van der Waals surface area contributed by atoms with Gasteiger partial charge in [-0.05, 0) is 56.9 Å². The minimum Gasteiger partial charge on any atom is -0.512 e. The molecule has 3 N–H and O–H groups in total. The fraction of sp³-hybridized carbons (Fsp3) is 0.773. The molecule has 0 heterocycles. The first-order chi connectivity index (χ1) is 12.6. The number of rotatable bonds is 14. The van der Waals surface area contributed by atoms with Crippen molar-refractivity contribution < 1.29 is 20.1 Å². The highest BCUT2D eigenvalue weighted by atomic mass is 16.4. The van der Waals surface area contributed by atoms with E-state index in [0.717, 1.165) is 38.5 Å². The van der Waals surface area contributed by atoms with Crippen molar-refractivity contribution in [3.63, 3.8) is 0 Å². The minimum absolute atomic E-state index is 0.0810. The molecule has 3 atom stereocenters. The lowest BCUT2D eigenvalue weighted by atomic mass is 9.88. The van der Waals surface area contributed by atoms with Crippen LogP contribution in [0.3, 0.4) is 0 Å². The lowest BCUT2D eigenvalue weighted by molar-refractivity contribution is -0.136. The van der Waals surface area contributed by atoms with Gasteiger partial charge >= 0.3 is 5.97 Å². The number of carbonyl (C=O) groups is 1. The van der Waals surface area contributed by atoms with Gasteiger partial charge in [-0.3, -0.25) is 4.79 Å². The summed E-state index contributed by atoms with van der Waals surface area (Å²) in [4.78, 5) is 10.5. The molecule has 1 aliphatic carbocycles. The quantitative estimate of drug-likeness (QED) is 0.207. The van der Waals surface area contributed by atoms with Crippen molar-refractivity contribution in [1.29, 1.82) is 0 Å². The maximum Gasteiger partial charge on any atom is 0.303 e. The zero-order chi connectivity index (χ0) is 19.2. The zero-order valence-corrected chi connectivity index (χ0v) is 16.4. The summed E-state index contributed by atoms with van der Waals surface area (Å²) in [5.41, 5.74) is 0. The largest absolute Gasteiger partial charge is 0.512 e. The molecule has 1 aliphatic rings. The molecule has 1 rings (SSSR count). The van der Waals surface area contributed by atoms with Crippen molar-refractivity contribution in [1.82, 2.24) is 0 Å². The van der Waals surface area contributed by atoms with Crippen LogP contribution in [0.4, 0.5) is 0 Å². The predicted octanol–water partition coefficient (Wildman–Crippen LogP) is 5.77. The van der Waals surface area contributed by atoms with E-state index in [1.165, 1.54) is 32.1 Å². The molecule has 4 nitrogen and oxygen atoms in total. The van der Waals surface area contributed by atoms with Crippen LogP contribution in [0.5, 0.6) is 0 Å². The first-order valence-electron chi connectivity index (χ1n) is 10.5. The summed E-state index contributed by atoms with van der Waals surface area (Å²) < 4.78 is 0. The van der Waals surface area contributed by atoms with Gasteiger partial charge in [-0.1, -0.05) is 51.2 Å². The van der Waals surface area contributed by atoms with E-state index in [0.29, 0.717) is 12.2 Å². The number of aliphatic hydroxyl groups is 2. The van der Waals surface area contributed by atoms with E-state index in [-0.39, 0.29) is 24.4 Å². The third-order valence-electron chi connectivity index (χ3n) is 5.43. The molecule has 0 bridgehead atoms. The van der Waals surface area contributed by atoms with Crippen molar-refractivity contribution in [3.05, 3.63) is 24.0 Å². The van der Waals surface area contributed by atoms with Crippen LogP contribution in [0, 0.1) is 11.8 Å². The molecule has 0 saturated heterocycles. The Kier molecular flexibility index (Phi) is 12.1. The van der Waals surface area contributed by atoms with Crippen molar-refractivity contribution in [2.45, 2.75) is 96.5 Å². The summed E-state index contributed by atoms with van der Waals surface area (Å²) in [5.74, 6) is -0.117. The van der Waals surface area contributed by atoms with Gasteiger partial charge in [0.15, 0.2) is 0 Å². The summed E-state index contributed by atoms with van der Waals surface area (Å²) >= 11 is 0. The lowest BCUT2D eigenvalue weighted by Crippen LogP contribution is -2.20. The highest BCUT2D eigenvalue weighted by Crippen LogP contribution is 2.39. The molecule has 4 heteroatoms. The summed E-state index contributed by atoms with van der Waals surface area (Å²) in [6.45, 7) is 2.22. The van der Waals surface area contributed by atoms with Crippen molar-refractivity contribution in [2.75, 3.05) is 0 Å². The van der Waals surface area contributed by atoms with Crippen LogP contribution in [0.2, 0.25) is 0 Å². The highest BCUT2D eigenvalue weighted by molar-refractivity contribution is 5.66. The Hall–Kier alpha value is -1.29. The average Bonchev–Trinajstić information content (AvgIpc) is 2.97. The number of hydrogen-bond acceptors (Lipinski definition) is 3. The molecule has 0 spiro atoms. The molecule has 0 aromatic rings. The molecular formula is C22H38O4. The number of carboxylic acids is 1. The normalized spacial score (nSPS) is 23.8. The van der Waals surface area contributed by atoms with Gasteiger partial charge in [0.25, 0.3) is 0 Å². The van der Waals surface area contributed by atoms with Gasteiger partial charge in [0.05, 0.1) is 11.9 Å². The SMILES string of the molecule is CCCCCCCCC=C(O)[C@H]1CC[C@H](O)[C@H]1CCC=CCCC(=O)O. The number of unbranched alkanes of at least 4 members (excludes halogenated alkanes) is 6. The third kappa shape index (κ3) is 9.42. The van der Waals surface area contributed by atoms with Gasteiger partial charge in [0.2, 0.25) is 0 Å². The lowest BCUT2D eigenvalue weighted by Gasteiger charge is -2.21. The Balaban J connectivity index is 2.31. The second-order valence-corrected chi connectivity index (χ2v) is 7.58.